The van der Waals surface area contributed by atoms with Crippen molar-refractivity contribution in [1.82, 2.24) is 10.2 Å². The van der Waals surface area contributed by atoms with Crippen LogP contribution in [0.25, 0.3) is 0 Å². The van der Waals surface area contributed by atoms with E-state index in [4.69, 9.17) is 4.74 Å². The Balaban J connectivity index is 1.72. The van der Waals surface area contributed by atoms with Crippen molar-refractivity contribution in [1.29, 1.82) is 0 Å². The quantitative estimate of drug-likeness (QED) is 0.455. The number of ether oxygens (including phenoxy) is 1. The summed E-state index contributed by atoms with van der Waals surface area (Å²) in [6.07, 6.45) is 8.16. The molecular formula is C23H35N3O4. The number of carbonyl (C=O) groups is 3. The predicted octanol–water partition coefficient (Wildman–Crippen LogP) is 3.35. The largest absolute Gasteiger partial charge is 0.497 e. The van der Waals surface area contributed by atoms with Crippen LogP contribution in [0.2, 0.25) is 0 Å². The molecule has 0 heterocycles. The number of rotatable bonds is 14. The van der Waals surface area contributed by atoms with Gasteiger partial charge in [0.2, 0.25) is 17.7 Å². The average molecular weight is 418 g/mol. The second-order valence-corrected chi connectivity index (χ2v) is 7.94. The number of anilines is 1. The fourth-order valence-corrected chi connectivity index (χ4v) is 3.19. The lowest BCUT2D eigenvalue weighted by atomic mass is 10.1. The van der Waals surface area contributed by atoms with Gasteiger partial charge in [-0.15, -0.1) is 0 Å². The minimum atomic E-state index is -0.315. The molecule has 3 amide bonds. The Morgan fingerprint density at radius 2 is 1.73 bits per heavy atom. The summed E-state index contributed by atoms with van der Waals surface area (Å²) < 4.78 is 5.08. The zero-order valence-electron chi connectivity index (χ0n) is 18.2. The standard InChI is InChI=1S/C23H35N3O4/c1-3-4-5-6-7-8-23(29)26(16-18-9-10-18)17-22(28)24-15-21(27)25-19-11-13-20(30-2)14-12-19/h11-14,18H,3-10,15-17H2,1-2H3,(H,24,28)(H,25,27). The van der Waals surface area contributed by atoms with Crippen LogP contribution in [-0.2, 0) is 14.4 Å². The van der Waals surface area contributed by atoms with E-state index in [-0.39, 0.29) is 30.8 Å². The van der Waals surface area contributed by atoms with Crippen LogP contribution in [-0.4, -0.2) is 49.4 Å². The molecule has 0 bridgehead atoms. The van der Waals surface area contributed by atoms with Gasteiger partial charge in [-0.05, 0) is 49.4 Å². The van der Waals surface area contributed by atoms with Crippen molar-refractivity contribution in [3.8, 4) is 5.75 Å². The first-order chi connectivity index (χ1) is 14.5. The number of unbranched alkanes of at least 4 members (excludes halogenated alkanes) is 4. The minimum absolute atomic E-state index is 0.0140. The van der Waals surface area contributed by atoms with Gasteiger partial charge in [0.05, 0.1) is 20.2 Å². The van der Waals surface area contributed by atoms with Crippen LogP contribution in [0.4, 0.5) is 5.69 Å². The summed E-state index contributed by atoms with van der Waals surface area (Å²) >= 11 is 0. The third-order valence-corrected chi connectivity index (χ3v) is 5.18. The highest BCUT2D eigenvalue weighted by molar-refractivity contribution is 5.95. The monoisotopic (exact) mass is 417 g/mol. The van der Waals surface area contributed by atoms with E-state index < -0.39 is 0 Å². The number of methoxy groups -OCH3 is 1. The first-order valence-electron chi connectivity index (χ1n) is 11.0. The molecule has 1 aliphatic carbocycles. The summed E-state index contributed by atoms with van der Waals surface area (Å²) in [5, 5.41) is 5.34. The highest BCUT2D eigenvalue weighted by Crippen LogP contribution is 2.30. The lowest BCUT2D eigenvalue weighted by Crippen LogP contribution is -2.43. The van der Waals surface area contributed by atoms with Gasteiger partial charge in [0.1, 0.15) is 5.75 Å². The summed E-state index contributed by atoms with van der Waals surface area (Å²) in [6, 6.07) is 6.96. The van der Waals surface area contributed by atoms with E-state index in [1.807, 2.05) is 0 Å². The van der Waals surface area contributed by atoms with Gasteiger partial charge >= 0.3 is 0 Å². The molecule has 1 aliphatic rings. The summed E-state index contributed by atoms with van der Waals surface area (Å²) in [5.41, 5.74) is 0.628. The molecule has 0 aromatic heterocycles. The van der Waals surface area contributed by atoms with Gasteiger partial charge < -0.3 is 20.3 Å². The predicted molar refractivity (Wildman–Crippen MR) is 117 cm³/mol. The van der Waals surface area contributed by atoms with Crippen molar-refractivity contribution in [2.45, 2.75) is 58.3 Å². The molecule has 0 radical (unpaired) electrons. The normalized spacial score (nSPS) is 12.9. The third kappa shape index (κ3) is 9.29. The Morgan fingerprint density at radius 1 is 1.03 bits per heavy atom. The highest BCUT2D eigenvalue weighted by atomic mass is 16.5. The molecule has 0 spiro atoms. The zero-order valence-corrected chi connectivity index (χ0v) is 18.2. The van der Waals surface area contributed by atoms with Crippen LogP contribution >= 0.6 is 0 Å². The van der Waals surface area contributed by atoms with Crippen molar-refractivity contribution in [3.05, 3.63) is 24.3 Å². The number of nitrogens with zero attached hydrogens (tertiary/aromatic N) is 1. The van der Waals surface area contributed by atoms with E-state index in [1.165, 1.54) is 12.8 Å². The number of hydrogen-bond acceptors (Lipinski definition) is 4. The second kappa shape index (κ2) is 12.9. The first kappa shape index (κ1) is 23.7. The number of amides is 3. The minimum Gasteiger partial charge on any atom is -0.497 e. The van der Waals surface area contributed by atoms with Crippen molar-refractivity contribution < 1.29 is 19.1 Å². The van der Waals surface area contributed by atoms with Crippen LogP contribution in [0.5, 0.6) is 5.75 Å². The molecule has 1 fully saturated rings. The first-order valence-corrected chi connectivity index (χ1v) is 11.0. The van der Waals surface area contributed by atoms with Gasteiger partial charge in [-0.1, -0.05) is 32.6 Å². The van der Waals surface area contributed by atoms with E-state index in [9.17, 15) is 14.4 Å². The molecule has 0 aliphatic heterocycles. The Kier molecular flexibility index (Phi) is 10.2. The molecule has 166 valence electrons. The Hall–Kier alpha value is -2.57. The van der Waals surface area contributed by atoms with Gasteiger partial charge in [0, 0.05) is 18.7 Å². The Labute approximate surface area is 179 Å². The van der Waals surface area contributed by atoms with Crippen molar-refractivity contribution in [3.63, 3.8) is 0 Å². The molecule has 7 nitrogen and oxygen atoms in total. The van der Waals surface area contributed by atoms with Gasteiger partial charge in [-0.3, -0.25) is 14.4 Å². The number of carbonyl (C=O) groups excluding carboxylic acids is 3. The smallest absolute Gasteiger partial charge is 0.243 e. The highest BCUT2D eigenvalue weighted by Gasteiger charge is 2.27. The van der Waals surface area contributed by atoms with Crippen LogP contribution in [0, 0.1) is 5.92 Å². The van der Waals surface area contributed by atoms with Crippen molar-refractivity contribution >= 4 is 23.4 Å². The van der Waals surface area contributed by atoms with E-state index in [1.54, 1.807) is 36.3 Å². The zero-order chi connectivity index (χ0) is 21.8. The van der Waals surface area contributed by atoms with Gasteiger partial charge in [-0.25, -0.2) is 0 Å². The summed E-state index contributed by atoms with van der Waals surface area (Å²) in [6.45, 7) is 2.69. The molecule has 0 unspecified atom stereocenters. The molecule has 1 aromatic rings. The lowest BCUT2D eigenvalue weighted by molar-refractivity contribution is -0.136. The number of hydrogen-bond donors (Lipinski definition) is 2. The molecule has 0 atom stereocenters. The van der Waals surface area contributed by atoms with Crippen LogP contribution in [0.15, 0.2) is 24.3 Å². The maximum atomic E-state index is 12.6. The number of benzene rings is 1. The van der Waals surface area contributed by atoms with Crippen LogP contribution in [0.1, 0.15) is 58.3 Å². The van der Waals surface area contributed by atoms with E-state index in [0.29, 0.717) is 30.3 Å². The SMILES string of the molecule is CCCCCCCC(=O)N(CC(=O)NCC(=O)Nc1ccc(OC)cc1)CC1CC1. The average Bonchev–Trinajstić information content (AvgIpc) is 3.56. The molecule has 30 heavy (non-hydrogen) atoms. The topological polar surface area (TPSA) is 87.7 Å². The maximum Gasteiger partial charge on any atom is 0.243 e. The van der Waals surface area contributed by atoms with Crippen LogP contribution in [0.3, 0.4) is 0 Å². The van der Waals surface area contributed by atoms with Crippen LogP contribution < -0.4 is 15.4 Å². The maximum absolute atomic E-state index is 12.6. The molecule has 1 saturated carbocycles. The summed E-state index contributed by atoms with van der Waals surface area (Å²) in [5.74, 6) is 0.632. The molecule has 2 N–H and O–H groups in total. The molecular weight excluding hydrogens is 382 g/mol. The molecule has 1 aromatic carbocycles. The van der Waals surface area contributed by atoms with Crippen molar-refractivity contribution in [2.75, 3.05) is 32.1 Å². The van der Waals surface area contributed by atoms with E-state index in [2.05, 4.69) is 17.6 Å². The Bertz CT molecular complexity index is 686. The molecule has 0 saturated heterocycles. The van der Waals surface area contributed by atoms with Gasteiger partial charge in [0.25, 0.3) is 0 Å². The second-order valence-electron chi connectivity index (χ2n) is 7.94. The van der Waals surface area contributed by atoms with Gasteiger partial charge in [0.15, 0.2) is 0 Å². The molecule has 7 heteroatoms. The fourth-order valence-electron chi connectivity index (χ4n) is 3.19. The number of nitrogens with one attached hydrogen (secondary N) is 2. The Morgan fingerprint density at radius 3 is 2.37 bits per heavy atom. The molecule has 2 rings (SSSR count). The van der Waals surface area contributed by atoms with Crippen molar-refractivity contribution in [2.24, 2.45) is 5.92 Å². The summed E-state index contributed by atoms with van der Waals surface area (Å²) in [7, 11) is 1.58. The summed E-state index contributed by atoms with van der Waals surface area (Å²) in [4.78, 5) is 38.6. The van der Waals surface area contributed by atoms with Gasteiger partial charge in [-0.2, -0.15) is 0 Å². The van der Waals surface area contributed by atoms with E-state index >= 15 is 0 Å². The van der Waals surface area contributed by atoms with E-state index in [0.717, 1.165) is 32.1 Å². The fraction of sp³-hybridized carbons (Fsp3) is 0.609. The third-order valence-electron chi connectivity index (χ3n) is 5.18. The lowest BCUT2D eigenvalue weighted by Gasteiger charge is -2.22.